The van der Waals surface area contributed by atoms with Crippen LogP contribution in [0.25, 0.3) is 0 Å². The monoisotopic (exact) mass is 488 g/mol. The molecular formula is C26H31F3N4O2. The Morgan fingerprint density at radius 3 is 2.11 bits per heavy atom. The molecule has 3 rings (SSSR count). The van der Waals surface area contributed by atoms with Crippen LogP contribution in [-0.4, -0.2) is 22.7 Å². The predicted molar refractivity (Wildman–Crippen MR) is 132 cm³/mol. The summed E-state index contributed by atoms with van der Waals surface area (Å²) in [6.45, 7) is 6.73. The Hall–Kier alpha value is -3.49. The molecule has 3 aromatic rings. The van der Waals surface area contributed by atoms with Gasteiger partial charge in [0.1, 0.15) is 22.9 Å². The minimum Gasteiger partial charge on any atom is -0.494 e. The summed E-state index contributed by atoms with van der Waals surface area (Å²) in [5, 5.41) is 5.70. The van der Waals surface area contributed by atoms with Gasteiger partial charge in [-0.2, -0.15) is 18.2 Å². The first kappa shape index (κ1) is 26.1. The van der Waals surface area contributed by atoms with E-state index >= 15 is 0 Å². The van der Waals surface area contributed by atoms with Crippen molar-refractivity contribution in [2.45, 2.75) is 58.7 Å². The van der Waals surface area contributed by atoms with E-state index in [0.717, 1.165) is 37.6 Å². The molecule has 0 aliphatic carbocycles. The first-order chi connectivity index (χ1) is 16.8. The molecule has 0 spiro atoms. The number of anilines is 4. The van der Waals surface area contributed by atoms with Crippen LogP contribution in [0, 0.1) is 0 Å². The van der Waals surface area contributed by atoms with Crippen LogP contribution in [0.5, 0.6) is 11.5 Å². The van der Waals surface area contributed by atoms with Crippen molar-refractivity contribution in [3.05, 3.63) is 60.3 Å². The molecule has 1 atom stereocenters. The highest BCUT2D eigenvalue weighted by atomic mass is 19.4. The molecule has 2 aromatic carbocycles. The average molecular weight is 489 g/mol. The molecule has 1 unspecified atom stereocenters. The molecule has 1 aromatic heterocycles. The van der Waals surface area contributed by atoms with Gasteiger partial charge in [0.25, 0.3) is 0 Å². The summed E-state index contributed by atoms with van der Waals surface area (Å²) in [5.74, 6) is 1.06. The van der Waals surface area contributed by atoms with Gasteiger partial charge in [-0.25, -0.2) is 4.98 Å². The largest absolute Gasteiger partial charge is 0.494 e. The second-order valence-corrected chi connectivity index (χ2v) is 8.14. The highest BCUT2D eigenvalue weighted by molar-refractivity contribution is 5.63. The SMILES string of the molecule is CCCCCOc1ccc(Nc2ncc(C(F)(F)F)c(Nc3ccc(OC(C)CC)cc3)n2)cc1. The lowest BCUT2D eigenvalue weighted by Crippen LogP contribution is -2.13. The van der Waals surface area contributed by atoms with Crippen molar-refractivity contribution in [1.29, 1.82) is 0 Å². The average Bonchev–Trinajstić information content (AvgIpc) is 2.83. The number of nitrogens with one attached hydrogen (secondary N) is 2. The zero-order valence-corrected chi connectivity index (χ0v) is 20.2. The summed E-state index contributed by atoms with van der Waals surface area (Å²) >= 11 is 0. The molecule has 0 bridgehead atoms. The van der Waals surface area contributed by atoms with Gasteiger partial charge in [-0.3, -0.25) is 0 Å². The number of hydrogen-bond donors (Lipinski definition) is 2. The summed E-state index contributed by atoms with van der Waals surface area (Å²) in [4.78, 5) is 7.95. The number of ether oxygens (including phenoxy) is 2. The third kappa shape index (κ3) is 8.05. The first-order valence-electron chi connectivity index (χ1n) is 11.8. The van der Waals surface area contributed by atoms with E-state index in [0.29, 0.717) is 23.7 Å². The minimum atomic E-state index is -4.61. The number of halogens is 3. The molecule has 9 heteroatoms. The Bertz CT molecular complexity index is 1060. The fourth-order valence-corrected chi connectivity index (χ4v) is 3.12. The predicted octanol–water partition coefficient (Wildman–Crippen LogP) is 7.73. The molecule has 0 aliphatic heterocycles. The number of nitrogens with zero attached hydrogens (tertiary/aromatic N) is 2. The Balaban J connectivity index is 1.73. The number of hydrogen-bond acceptors (Lipinski definition) is 6. The third-order valence-corrected chi connectivity index (χ3v) is 5.25. The van der Waals surface area contributed by atoms with Gasteiger partial charge in [0, 0.05) is 17.6 Å². The van der Waals surface area contributed by atoms with Crippen LogP contribution in [0.4, 0.5) is 36.3 Å². The Morgan fingerprint density at radius 1 is 0.886 bits per heavy atom. The van der Waals surface area contributed by atoms with Crippen molar-refractivity contribution in [3.63, 3.8) is 0 Å². The van der Waals surface area contributed by atoms with Gasteiger partial charge in [0.05, 0.1) is 12.7 Å². The van der Waals surface area contributed by atoms with Crippen LogP contribution in [0.15, 0.2) is 54.7 Å². The van der Waals surface area contributed by atoms with Gasteiger partial charge in [-0.05, 0) is 68.3 Å². The maximum Gasteiger partial charge on any atom is 0.421 e. The minimum absolute atomic E-state index is 0.0360. The Morgan fingerprint density at radius 2 is 1.51 bits per heavy atom. The summed E-state index contributed by atoms with van der Waals surface area (Å²) in [6, 6.07) is 13.8. The van der Waals surface area contributed by atoms with Crippen LogP contribution < -0.4 is 20.1 Å². The fourth-order valence-electron chi connectivity index (χ4n) is 3.12. The zero-order chi connectivity index (χ0) is 25.3. The summed E-state index contributed by atoms with van der Waals surface area (Å²) < 4.78 is 52.1. The molecule has 0 saturated carbocycles. The molecule has 0 radical (unpaired) electrons. The number of rotatable bonds is 12. The molecule has 6 nitrogen and oxygen atoms in total. The van der Waals surface area contributed by atoms with Crippen molar-refractivity contribution in [3.8, 4) is 11.5 Å². The maximum atomic E-state index is 13.6. The summed E-state index contributed by atoms with van der Waals surface area (Å²) in [5.41, 5.74) is 0.114. The molecule has 188 valence electrons. The van der Waals surface area contributed by atoms with E-state index in [1.54, 1.807) is 48.5 Å². The van der Waals surface area contributed by atoms with E-state index < -0.39 is 11.7 Å². The van der Waals surface area contributed by atoms with E-state index in [4.69, 9.17) is 9.47 Å². The fraction of sp³-hybridized carbons (Fsp3) is 0.385. The highest BCUT2D eigenvalue weighted by Crippen LogP contribution is 2.35. The standard InChI is InChI=1S/C26H31F3N4O2/c1-4-6-7-16-34-21-12-8-20(9-13-21)32-25-30-17-23(26(27,28)29)24(33-25)31-19-10-14-22(15-11-19)35-18(3)5-2/h8-15,17-18H,4-7,16H2,1-3H3,(H2,30,31,32,33). The number of unbranched alkanes of at least 4 members (excludes halogenated alkanes) is 2. The van der Waals surface area contributed by atoms with Gasteiger partial charge in [0.15, 0.2) is 0 Å². The normalized spacial score (nSPS) is 12.2. The van der Waals surface area contributed by atoms with Gasteiger partial charge >= 0.3 is 6.18 Å². The topological polar surface area (TPSA) is 68.3 Å². The van der Waals surface area contributed by atoms with Gasteiger partial charge in [-0.15, -0.1) is 0 Å². The molecule has 1 heterocycles. The smallest absolute Gasteiger partial charge is 0.421 e. The molecule has 0 saturated heterocycles. The number of benzene rings is 2. The summed E-state index contributed by atoms with van der Waals surface area (Å²) in [6.07, 6.45) is 0.258. The van der Waals surface area contributed by atoms with Crippen LogP contribution >= 0.6 is 0 Å². The van der Waals surface area contributed by atoms with Gasteiger partial charge in [-0.1, -0.05) is 26.7 Å². The molecular weight excluding hydrogens is 457 g/mol. The first-order valence-corrected chi connectivity index (χ1v) is 11.8. The van der Waals surface area contributed by atoms with Crippen molar-refractivity contribution in [2.75, 3.05) is 17.2 Å². The lowest BCUT2D eigenvalue weighted by atomic mass is 10.2. The van der Waals surface area contributed by atoms with E-state index in [9.17, 15) is 13.2 Å². The van der Waals surface area contributed by atoms with Crippen LogP contribution in [0.2, 0.25) is 0 Å². The zero-order valence-electron chi connectivity index (χ0n) is 20.2. The van der Waals surface area contributed by atoms with E-state index in [2.05, 4.69) is 27.5 Å². The van der Waals surface area contributed by atoms with Crippen LogP contribution in [-0.2, 0) is 6.18 Å². The van der Waals surface area contributed by atoms with Gasteiger partial charge in [0.2, 0.25) is 5.95 Å². The van der Waals surface area contributed by atoms with Crippen molar-refractivity contribution < 1.29 is 22.6 Å². The van der Waals surface area contributed by atoms with Crippen LogP contribution in [0.1, 0.15) is 52.0 Å². The van der Waals surface area contributed by atoms with Crippen molar-refractivity contribution in [1.82, 2.24) is 9.97 Å². The molecule has 35 heavy (non-hydrogen) atoms. The molecule has 0 amide bonds. The highest BCUT2D eigenvalue weighted by Gasteiger charge is 2.35. The van der Waals surface area contributed by atoms with Crippen LogP contribution in [0.3, 0.4) is 0 Å². The Kier molecular flexibility index (Phi) is 9.17. The summed E-state index contributed by atoms with van der Waals surface area (Å²) in [7, 11) is 0. The third-order valence-electron chi connectivity index (χ3n) is 5.25. The van der Waals surface area contributed by atoms with E-state index in [1.807, 2.05) is 13.8 Å². The van der Waals surface area contributed by atoms with Crippen molar-refractivity contribution >= 4 is 23.1 Å². The quantitative estimate of drug-likeness (QED) is 0.254. The second kappa shape index (κ2) is 12.3. The lowest BCUT2D eigenvalue weighted by molar-refractivity contribution is -0.137. The number of aromatic nitrogens is 2. The molecule has 0 aliphatic rings. The molecule has 2 N–H and O–H groups in total. The number of alkyl halides is 3. The second-order valence-electron chi connectivity index (χ2n) is 8.14. The van der Waals surface area contributed by atoms with E-state index in [-0.39, 0.29) is 17.9 Å². The molecule has 0 fully saturated rings. The lowest BCUT2D eigenvalue weighted by Gasteiger charge is -2.16. The Labute approximate surface area is 203 Å². The van der Waals surface area contributed by atoms with Gasteiger partial charge < -0.3 is 20.1 Å². The van der Waals surface area contributed by atoms with Crippen molar-refractivity contribution in [2.24, 2.45) is 0 Å². The maximum absolute atomic E-state index is 13.6. The van der Waals surface area contributed by atoms with E-state index in [1.165, 1.54) is 0 Å².